The van der Waals surface area contributed by atoms with Crippen molar-refractivity contribution in [3.8, 4) is 0 Å². The van der Waals surface area contributed by atoms with Crippen molar-refractivity contribution < 1.29 is 0 Å². The van der Waals surface area contributed by atoms with Gasteiger partial charge in [-0.2, -0.15) is 0 Å². The molecule has 0 bridgehead atoms. The molecule has 0 saturated carbocycles. The molecular formula is C14H22N2. The zero-order valence-electron chi connectivity index (χ0n) is 10.4. The molecule has 1 aliphatic heterocycles. The quantitative estimate of drug-likeness (QED) is 0.774. The second kappa shape index (κ2) is 5.33. The Hall–Kier alpha value is -1.05. The van der Waals surface area contributed by atoms with Crippen LogP contribution >= 0.6 is 0 Å². The first-order valence-corrected chi connectivity index (χ1v) is 6.53. The summed E-state index contributed by atoms with van der Waals surface area (Å²) in [5, 5.41) is 0. The van der Waals surface area contributed by atoms with Gasteiger partial charge in [0.2, 0.25) is 0 Å². The van der Waals surface area contributed by atoms with E-state index in [-0.39, 0.29) is 0 Å². The summed E-state index contributed by atoms with van der Waals surface area (Å²) in [7, 11) is 0. The van der Waals surface area contributed by atoms with Crippen molar-refractivity contribution in [1.82, 2.24) is 4.98 Å². The van der Waals surface area contributed by atoms with Gasteiger partial charge in [-0.15, -0.1) is 0 Å². The van der Waals surface area contributed by atoms with Gasteiger partial charge in [-0.3, -0.25) is 0 Å². The number of nitrogens with zero attached hydrogens (tertiary/aromatic N) is 2. The predicted molar refractivity (Wildman–Crippen MR) is 68.8 cm³/mol. The Bertz CT molecular complexity index is 310. The first kappa shape index (κ1) is 11.4. The van der Waals surface area contributed by atoms with E-state index in [1.807, 2.05) is 6.20 Å². The molecule has 0 amide bonds. The number of aryl methyl sites for hydroxylation is 1. The molecule has 2 rings (SSSR count). The molecule has 0 unspecified atom stereocenters. The highest BCUT2D eigenvalue weighted by Crippen LogP contribution is 2.23. The van der Waals surface area contributed by atoms with Crippen LogP contribution in [0.5, 0.6) is 0 Å². The molecule has 0 atom stereocenters. The Balaban J connectivity index is 1.97. The van der Waals surface area contributed by atoms with Gasteiger partial charge in [0.05, 0.1) is 0 Å². The van der Waals surface area contributed by atoms with Crippen molar-refractivity contribution >= 4 is 5.82 Å². The van der Waals surface area contributed by atoms with E-state index in [1.54, 1.807) is 0 Å². The third-order valence-electron chi connectivity index (χ3n) is 3.73. The Morgan fingerprint density at radius 2 is 2.00 bits per heavy atom. The zero-order valence-corrected chi connectivity index (χ0v) is 10.4. The van der Waals surface area contributed by atoms with Crippen LogP contribution in [0.2, 0.25) is 0 Å². The predicted octanol–water partition coefficient (Wildman–Crippen LogP) is 3.27. The summed E-state index contributed by atoms with van der Waals surface area (Å²) in [5.41, 5.74) is 1.33. The molecule has 0 aliphatic carbocycles. The molecule has 1 saturated heterocycles. The summed E-state index contributed by atoms with van der Waals surface area (Å²) >= 11 is 0. The minimum atomic E-state index is 0.936. The standard InChI is InChI=1S/C14H22N2/c1-3-12-7-9-16(10-8-12)14-6-5-13(4-2)11-15-14/h5-6,11-12H,3-4,7-10H2,1-2H3. The summed E-state index contributed by atoms with van der Waals surface area (Å²) in [6, 6.07) is 4.37. The smallest absolute Gasteiger partial charge is 0.128 e. The van der Waals surface area contributed by atoms with E-state index in [0.29, 0.717) is 0 Å². The van der Waals surface area contributed by atoms with Crippen molar-refractivity contribution in [3.05, 3.63) is 23.9 Å². The average molecular weight is 218 g/mol. The summed E-state index contributed by atoms with van der Waals surface area (Å²) in [6.07, 6.45) is 7.07. The second-order valence-corrected chi connectivity index (χ2v) is 4.72. The second-order valence-electron chi connectivity index (χ2n) is 4.72. The van der Waals surface area contributed by atoms with Gasteiger partial charge in [-0.05, 0) is 36.8 Å². The fourth-order valence-electron chi connectivity index (χ4n) is 2.38. The van der Waals surface area contributed by atoms with Crippen LogP contribution in [0.1, 0.15) is 38.7 Å². The van der Waals surface area contributed by atoms with Crippen LogP contribution in [-0.4, -0.2) is 18.1 Å². The molecule has 1 aromatic rings. The number of hydrogen-bond donors (Lipinski definition) is 0. The Kier molecular flexibility index (Phi) is 3.81. The van der Waals surface area contributed by atoms with E-state index < -0.39 is 0 Å². The molecule has 0 aromatic carbocycles. The first-order valence-electron chi connectivity index (χ1n) is 6.53. The lowest BCUT2D eigenvalue weighted by Gasteiger charge is -2.32. The Labute approximate surface area is 98.7 Å². The van der Waals surface area contributed by atoms with Gasteiger partial charge in [0, 0.05) is 19.3 Å². The molecule has 1 aliphatic rings. The SMILES string of the molecule is CCc1ccc(N2CCC(CC)CC2)nc1. The number of rotatable bonds is 3. The molecule has 2 nitrogen and oxygen atoms in total. The van der Waals surface area contributed by atoms with Crippen LogP contribution in [0.3, 0.4) is 0 Å². The fourth-order valence-corrected chi connectivity index (χ4v) is 2.38. The maximum absolute atomic E-state index is 4.55. The highest BCUT2D eigenvalue weighted by Gasteiger charge is 2.18. The summed E-state index contributed by atoms with van der Waals surface area (Å²) in [6.45, 7) is 6.83. The van der Waals surface area contributed by atoms with Crippen LogP contribution in [-0.2, 0) is 6.42 Å². The largest absolute Gasteiger partial charge is 0.357 e. The van der Waals surface area contributed by atoms with E-state index in [2.05, 4.69) is 35.9 Å². The minimum absolute atomic E-state index is 0.936. The van der Waals surface area contributed by atoms with Crippen molar-refractivity contribution in [3.63, 3.8) is 0 Å². The lowest BCUT2D eigenvalue weighted by atomic mass is 9.94. The van der Waals surface area contributed by atoms with E-state index in [0.717, 1.165) is 18.2 Å². The van der Waals surface area contributed by atoms with Crippen LogP contribution in [0.25, 0.3) is 0 Å². The number of hydrogen-bond acceptors (Lipinski definition) is 2. The van der Waals surface area contributed by atoms with Crippen molar-refractivity contribution in [2.24, 2.45) is 5.92 Å². The van der Waals surface area contributed by atoms with Gasteiger partial charge >= 0.3 is 0 Å². The fraction of sp³-hybridized carbons (Fsp3) is 0.643. The molecular weight excluding hydrogens is 196 g/mol. The molecule has 1 fully saturated rings. The van der Waals surface area contributed by atoms with E-state index in [9.17, 15) is 0 Å². The third-order valence-corrected chi connectivity index (χ3v) is 3.73. The maximum atomic E-state index is 4.55. The Morgan fingerprint density at radius 3 is 2.50 bits per heavy atom. The van der Waals surface area contributed by atoms with Crippen LogP contribution in [0.15, 0.2) is 18.3 Å². The molecule has 1 aromatic heterocycles. The highest BCUT2D eigenvalue weighted by atomic mass is 15.2. The molecule has 88 valence electrons. The number of anilines is 1. The van der Waals surface area contributed by atoms with Crippen LogP contribution < -0.4 is 4.90 Å². The summed E-state index contributed by atoms with van der Waals surface area (Å²) < 4.78 is 0. The van der Waals surface area contributed by atoms with Crippen molar-refractivity contribution in [2.45, 2.75) is 39.5 Å². The Morgan fingerprint density at radius 1 is 1.25 bits per heavy atom. The highest BCUT2D eigenvalue weighted by molar-refractivity contribution is 5.39. The molecule has 0 N–H and O–H groups in total. The molecule has 0 spiro atoms. The van der Waals surface area contributed by atoms with Crippen LogP contribution in [0, 0.1) is 5.92 Å². The van der Waals surface area contributed by atoms with Crippen molar-refractivity contribution in [1.29, 1.82) is 0 Å². The molecule has 2 heteroatoms. The minimum Gasteiger partial charge on any atom is -0.357 e. The first-order chi connectivity index (χ1) is 7.83. The van der Waals surface area contributed by atoms with Gasteiger partial charge in [-0.1, -0.05) is 26.3 Å². The number of aromatic nitrogens is 1. The van der Waals surface area contributed by atoms with Gasteiger partial charge in [-0.25, -0.2) is 4.98 Å². The lowest BCUT2D eigenvalue weighted by Crippen LogP contribution is -2.33. The van der Waals surface area contributed by atoms with E-state index in [4.69, 9.17) is 0 Å². The number of pyridine rings is 1. The topological polar surface area (TPSA) is 16.1 Å². The monoisotopic (exact) mass is 218 g/mol. The van der Waals surface area contributed by atoms with Gasteiger partial charge in [0.1, 0.15) is 5.82 Å². The zero-order chi connectivity index (χ0) is 11.4. The molecule has 2 heterocycles. The molecule has 0 radical (unpaired) electrons. The summed E-state index contributed by atoms with van der Waals surface area (Å²) in [5.74, 6) is 2.10. The van der Waals surface area contributed by atoms with Crippen LogP contribution in [0.4, 0.5) is 5.82 Å². The third kappa shape index (κ3) is 2.55. The van der Waals surface area contributed by atoms with Gasteiger partial charge < -0.3 is 4.90 Å². The van der Waals surface area contributed by atoms with Gasteiger partial charge in [0.15, 0.2) is 0 Å². The average Bonchev–Trinajstić information content (AvgIpc) is 2.39. The van der Waals surface area contributed by atoms with Crippen molar-refractivity contribution in [2.75, 3.05) is 18.0 Å². The van der Waals surface area contributed by atoms with E-state index in [1.165, 1.54) is 37.9 Å². The van der Waals surface area contributed by atoms with Gasteiger partial charge in [0.25, 0.3) is 0 Å². The lowest BCUT2D eigenvalue weighted by molar-refractivity contribution is 0.394. The summed E-state index contributed by atoms with van der Waals surface area (Å²) in [4.78, 5) is 6.97. The maximum Gasteiger partial charge on any atom is 0.128 e. The normalized spacial score (nSPS) is 17.8. The number of piperidine rings is 1. The molecule has 16 heavy (non-hydrogen) atoms. The van der Waals surface area contributed by atoms with E-state index >= 15 is 0 Å².